The first kappa shape index (κ1) is 13.9. The van der Waals surface area contributed by atoms with Crippen molar-refractivity contribution in [2.45, 2.75) is 6.18 Å². The molecule has 0 atom stereocenters. The fourth-order valence-corrected chi connectivity index (χ4v) is 2.11. The fraction of sp³-hybridized carbons (Fsp3) is 0.125. The van der Waals surface area contributed by atoms with Gasteiger partial charge in [0.25, 0.3) is 0 Å². The predicted octanol–water partition coefficient (Wildman–Crippen LogP) is 4.78. The van der Waals surface area contributed by atoms with Crippen LogP contribution in [-0.2, 0) is 11.0 Å². The molecular formula is C8Cl4F3O. The van der Waals surface area contributed by atoms with Gasteiger partial charge in [0.2, 0.25) is 6.29 Å². The Labute approximate surface area is 108 Å². The van der Waals surface area contributed by atoms with Crippen LogP contribution in [0.1, 0.15) is 11.1 Å². The number of benzene rings is 1. The lowest BCUT2D eigenvalue weighted by Crippen LogP contribution is -2.09. The molecule has 1 radical (unpaired) electrons. The van der Waals surface area contributed by atoms with Gasteiger partial charge in [0, 0.05) is 0 Å². The van der Waals surface area contributed by atoms with Crippen LogP contribution in [0, 0.1) is 0 Å². The van der Waals surface area contributed by atoms with Crippen LogP contribution in [0.3, 0.4) is 0 Å². The van der Waals surface area contributed by atoms with Crippen molar-refractivity contribution in [3.05, 3.63) is 31.2 Å². The Hall–Kier alpha value is -0.160. The molecule has 8 heteroatoms. The molecule has 1 aromatic rings. The van der Waals surface area contributed by atoms with Gasteiger partial charge in [0.15, 0.2) is 0 Å². The van der Waals surface area contributed by atoms with E-state index in [1.807, 2.05) is 0 Å². The zero-order valence-electron chi connectivity index (χ0n) is 7.05. The van der Waals surface area contributed by atoms with Crippen LogP contribution < -0.4 is 0 Å². The van der Waals surface area contributed by atoms with Crippen molar-refractivity contribution in [1.29, 1.82) is 0 Å². The van der Waals surface area contributed by atoms with Crippen molar-refractivity contribution in [2.24, 2.45) is 0 Å². The lowest BCUT2D eigenvalue weighted by molar-refractivity contribution is -0.137. The van der Waals surface area contributed by atoms with E-state index >= 15 is 0 Å². The molecule has 1 aromatic carbocycles. The van der Waals surface area contributed by atoms with Crippen LogP contribution in [-0.4, -0.2) is 6.29 Å². The summed E-state index contributed by atoms with van der Waals surface area (Å²) in [5.74, 6) is 0. The highest BCUT2D eigenvalue weighted by Crippen LogP contribution is 2.47. The van der Waals surface area contributed by atoms with Crippen molar-refractivity contribution in [1.82, 2.24) is 0 Å². The lowest BCUT2D eigenvalue weighted by Gasteiger charge is -2.14. The van der Waals surface area contributed by atoms with Crippen molar-refractivity contribution < 1.29 is 18.0 Å². The molecule has 0 amide bonds. The highest BCUT2D eigenvalue weighted by atomic mass is 35.5. The Morgan fingerprint density at radius 2 is 1.25 bits per heavy atom. The van der Waals surface area contributed by atoms with Gasteiger partial charge in [-0.25, -0.2) is 0 Å². The van der Waals surface area contributed by atoms with Gasteiger partial charge in [-0.1, -0.05) is 46.4 Å². The second-order valence-corrected chi connectivity index (χ2v) is 4.12. The van der Waals surface area contributed by atoms with Gasteiger partial charge in [-0.05, 0) is 0 Å². The maximum absolute atomic E-state index is 12.5. The third-order valence-corrected chi connectivity index (χ3v) is 3.35. The van der Waals surface area contributed by atoms with E-state index in [0.29, 0.717) is 0 Å². The van der Waals surface area contributed by atoms with Crippen LogP contribution in [0.25, 0.3) is 0 Å². The number of hydrogen-bond acceptors (Lipinski definition) is 1. The average Bonchev–Trinajstić information content (AvgIpc) is 2.14. The summed E-state index contributed by atoms with van der Waals surface area (Å²) in [6.07, 6.45) is -3.54. The second-order valence-electron chi connectivity index (χ2n) is 2.61. The third-order valence-electron chi connectivity index (χ3n) is 1.65. The third kappa shape index (κ3) is 2.25. The largest absolute Gasteiger partial charge is 0.419 e. The van der Waals surface area contributed by atoms with E-state index in [1.54, 1.807) is 0 Å². The Balaban J connectivity index is 3.74. The normalized spacial score (nSPS) is 11.7. The van der Waals surface area contributed by atoms with Crippen LogP contribution in [0.5, 0.6) is 0 Å². The quantitative estimate of drug-likeness (QED) is 0.682. The number of halogens is 7. The summed E-state index contributed by atoms with van der Waals surface area (Å²) in [7, 11) is 0. The van der Waals surface area contributed by atoms with E-state index in [4.69, 9.17) is 46.4 Å². The summed E-state index contributed by atoms with van der Waals surface area (Å²) in [6, 6.07) is 0. The molecule has 0 aliphatic heterocycles. The Kier molecular flexibility index (Phi) is 4.00. The molecule has 0 fully saturated rings. The summed E-state index contributed by atoms with van der Waals surface area (Å²) >= 11 is 21.6. The van der Waals surface area contributed by atoms with Gasteiger partial charge in [0.1, 0.15) is 0 Å². The molecule has 0 aliphatic carbocycles. The lowest BCUT2D eigenvalue weighted by atomic mass is 10.1. The van der Waals surface area contributed by atoms with Crippen molar-refractivity contribution in [3.63, 3.8) is 0 Å². The maximum atomic E-state index is 12.5. The minimum absolute atomic E-state index is 0.494. The first-order valence-electron chi connectivity index (χ1n) is 3.53. The fourth-order valence-electron chi connectivity index (χ4n) is 0.970. The van der Waals surface area contributed by atoms with Crippen molar-refractivity contribution >= 4 is 52.7 Å². The molecule has 0 aromatic heterocycles. The van der Waals surface area contributed by atoms with Crippen LogP contribution in [0.15, 0.2) is 0 Å². The first-order chi connectivity index (χ1) is 7.21. The first-order valence-corrected chi connectivity index (χ1v) is 5.04. The Morgan fingerprint density at radius 3 is 1.50 bits per heavy atom. The monoisotopic (exact) mass is 309 g/mol. The van der Waals surface area contributed by atoms with E-state index in [-0.39, 0.29) is 0 Å². The van der Waals surface area contributed by atoms with Crippen LogP contribution in [0.2, 0.25) is 20.1 Å². The molecule has 0 bridgehead atoms. The summed E-state index contributed by atoms with van der Waals surface area (Å²) in [4.78, 5) is 10.4. The number of carbonyl (C=O) groups excluding carboxylic acids is 1. The Morgan fingerprint density at radius 1 is 0.875 bits per heavy atom. The van der Waals surface area contributed by atoms with Gasteiger partial charge in [-0.3, -0.25) is 4.79 Å². The summed E-state index contributed by atoms with van der Waals surface area (Å²) in [6.45, 7) is 0. The molecule has 16 heavy (non-hydrogen) atoms. The van der Waals surface area contributed by atoms with E-state index in [1.165, 1.54) is 6.29 Å². The van der Waals surface area contributed by atoms with Gasteiger partial charge in [0.05, 0.1) is 31.2 Å². The molecular weight excluding hydrogens is 311 g/mol. The summed E-state index contributed by atoms with van der Waals surface area (Å²) in [5, 5.41) is -3.00. The zero-order chi connectivity index (χ0) is 12.7. The number of rotatable bonds is 1. The predicted molar refractivity (Wildman–Crippen MR) is 56.3 cm³/mol. The maximum Gasteiger partial charge on any atom is 0.419 e. The summed E-state index contributed by atoms with van der Waals surface area (Å²) < 4.78 is 37.6. The smallest absolute Gasteiger partial charge is 0.285 e. The van der Waals surface area contributed by atoms with E-state index in [9.17, 15) is 18.0 Å². The summed E-state index contributed by atoms with van der Waals surface area (Å²) in [5.41, 5.74) is -1.86. The molecule has 87 valence electrons. The molecule has 1 nitrogen and oxygen atoms in total. The van der Waals surface area contributed by atoms with E-state index < -0.39 is 37.4 Å². The van der Waals surface area contributed by atoms with Gasteiger partial charge >= 0.3 is 6.18 Å². The molecule has 0 N–H and O–H groups in total. The molecule has 0 spiro atoms. The van der Waals surface area contributed by atoms with Crippen LogP contribution in [0.4, 0.5) is 13.2 Å². The van der Waals surface area contributed by atoms with Crippen molar-refractivity contribution in [3.8, 4) is 0 Å². The number of hydrogen-bond donors (Lipinski definition) is 0. The highest BCUT2D eigenvalue weighted by molar-refractivity contribution is 6.50. The minimum atomic E-state index is -4.82. The van der Waals surface area contributed by atoms with E-state index in [2.05, 4.69) is 0 Å². The zero-order valence-corrected chi connectivity index (χ0v) is 10.1. The molecule has 0 heterocycles. The number of alkyl halides is 3. The SMILES string of the molecule is O=[C]c1c(Cl)c(Cl)c(C(F)(F)F)c(Cl)c1Cl. The van der Waals surface area contributed by atoms with Gasteiger partial charge in [-0.2, -0.15) is 13.2 Å². The molecule has 0 saturated carbocycles. The van der Waals surface area contributed by atoms with E-state index in [0.717, 1.165) is 0 Å². The van der Waals surface area contributed by atoms with Crippen LogP contribution >= 0.6 is 46.4 Å². The van der Waals surface area contributed by atoms with Gasteiger partial charge in [-0.15, -0.1) is 0 Å². The Bertz CT molecular complexity index is 427. The second kappa shape index (κ2) is 4.61. The topological polar surface area (TPSA) is 17.1 Å². The highest BCUT2D eigenvalue weighted by Gasteiger charge is 2.39. The molecule has 0 unspecified atom stereocenters. The molecule has 0 aliphatic rings. The molecule has 0 saturated heterocycles. The average molecular weight is 311 g/mol. The van der Waals surface area contributed by atoms with Gasteiger partial charge < -0.3 is 0 Å². The minimum Gasteiger partial charge on any atom is -0.285 e. The standard InChI is InChI=1S/C8Cl4F3O/c9-4-2(1-16)5(10)7(12)3(6(4)11)8(13,14)15. The van der Waals surface area contributed by atoms with Crippen molar-refractivity contribution in [2.75, 3.05) is 0 Å². The molecule has 1 rings (SSSR count).